The average molecular weight is 221 g/mol. The minimum atomic E-state index is -0.0786. The second-order valence-electron chi connectivity index (χ2n) is 4.93. The molecule has 1 rings (SSSR count). The molecule has 0 saturated carbocycles. The van der Waals surface area contributed by atoms with Gasteiger partial charge in [-0.1, -0.05) is 20.8 Å². The van der Waals surface area contributed by atoms with Crippen LogP contribution in [0.15, 0.2) is 18.3 Å². The first kappa shape index (κ1) is 12.5. The topological polar surface area (TPSA) is 54.0 Å². The van der Waals surface area contributed by atoms with Crippen molar-refractivity contribution in [3.8, 4) is 0 Å². The first-order chi connectivity index (χ1) is 7.42. The molecule has 0 spiro atoms. The summed E-state index contributed by atoms with van der Waals surface area (Å²) >= 11 is 0. The molecule has 1 aromatic rings. The number of aromatic nitrogens is 1. The fraction of sp³-hybridized carbons (Fsp3) is 0.500. The van der Waals surface area contributed by atoms with Crippen LogP contribution in [0, 0.1) is 5.41 Å². The van der Waals surface area contributed by atoms with Crippen molar-refractivity contribution in [3.05, 3.63) is 23.9 Å². The highest BCUT2D eigenvalue weighted by atomic mass is 16.1. The Labute approximate surface area is 96.5 Å². The van der Waals surface area contributed by atoms with Gasteiger partial charge in [-0.05, 0) is 17.5 Å². The maximum Gasteiger partial charge on any atom is 0.252 e. The van der Waals surface area contributed by atoms with Gasteiger partial charge in [0.1, 0.15) is 5.82 Å². The van der Waals surface area contributed by atoms with Crippen molar-refractivity contribution in [2.24, 2.45) is 5.41 Å². The van der Waals surface area contributed by atoms with Gasteiger partial charge in [0.2, 0.25) is 0 Å². The fourth-order valence-corrected chi connectivity index (χ4v) is 1.12. The summed E-state index contributed by atoms with van der Waals surface area (Å²) in [4.78, 5) is 15.8. The second kappa shape index (κ2) is 4.96. The molecule has 1 heterocycles. The molecule has 1 aromatic heterocycles. The Morgan fingerprint density at radius 3 is 2.50 bits per heavy atom. The second-order valence-corrected chi connectivity index (χ2v) is 4.93. The summed E-state index contributed by atoms with van der Waals surface area (Å²) in [6.07, 6.45) is 1.57. The fourth-order valence-electron chi connectivity index (χ4n) is 1.12. The SMILES string of the molecule is CNc1ccc(C(=O)NCC(C)(C)C)cn1. The lowest BCUT2D eigenvalue weighted by Crippen LogP contribution is -2.32. The summed E-state index contributed by atoms with van der Waals surface area (Å²) in [6, 6.07) is 3.54. The lowest BCUT2D eigenvalue weighted by Gasteiger charge is -2.18. The van der Waals surface area contributed by atoms with E-state index in [2.05, 4.69) is 36.4 Å². The van der Waals surface area contributed by atoms with Crippen LogP contribution in [0.4, 0.5) is 5.82 Å². The molecule has 0 unspecified atom stereocenters. The monoisotopic (exact) mass is 221 g/mol. The lowest BCUT2D eigenvalue weighted by molar-refractivity contribution is 0.0939. The molecule has 16 heavy (non-hydrogen) atoms. The van der Waals surface area contributed by atoms with Gasteiger partial charge in [0.05, 0.1) is 5.56 Å². The Bertz CT molecular complexity index is 352. The quantitative estimate of drug-likeness (QED) is 0.819. The highest BCUT2D eigenvalue weighted by Crippen LogP contribution is 2.11. The normalized spacial score (nSPS) is 11.0. The minimum Gasteiger partial charge on any atom is -0.373 e. The molecule has 4 heteroatoms. The molecule has 1 amide bonds. The first-order valence-corrected chi connectivity index (χ1v) is 5.34. The van der Waals surface area contributed by atoms with Crippen LogP contribution in [-0.4, -0.2) is 24.5 Å². The van der Waals surface area contributed by atoms with Gasteiger partial charge >= 0.3 is 0 Å². The third-order valence-electron chi connectivity index (χ3n) is 2.06. The summed E-state index contributed by atoms with van der Waals surface area (Å²) in [5.41, 5.74) is 0.678. The molecule has 4 nitrogen and oxygen atoms in total. The van der Waals surface area contributed by atoms with Gasteiger partial charge in [-0.15, -0.1) is 0 Å². The number of pyridine rings is 1. The molecule has 0 aliphatic carbocycles. The van der Waals surface area contributed by atoms with Crippen molar-refractivity contribution < 1.29 is 4.79 Å². The number of hydrogen-bond acceptors (Lipinski definition) is 3. The molecule has 0 atom stereocenters. The van der Waals surface area contributed by atoms with E-state index in [1.54, 1.807) is 25.4 Å². The van der Waals surface area contributed by atoms with E-state index in [1.165, 1.54) is 0 Å². The van der Waals surface area contributed by atoms with E-state index in [0.29, 0.717) is 12.1 Å². The predicted molar refractivity (Wildman–Crippen MR) is 65.6 cm³/mol. The molecule has 0 radical (unpaired) electrons. The average Bonchev–Trinajstić information content (AvgIpc) is 2.25. The molecule has 88 valence electrons. The zero-order valence-corrected chi connectivity index (χ0v) is 10.3. The van der Waals surface area contributed by atoms with Crippen molar-refractivity contribution in [2.75, 3.05) is 18.9 Å². The molecule has 0 aromatic carbocycles. The van der Waals surface area contributed by atoms with Crippen LogP contribution in [0.2, 0.25) is 0 Å². The van der Waals surface area contributed by atoms with Crippen LogP contribution in [0.5, 0.6) is 0 Å². The van der Waals surface area contributed by atoms with E-state index >= 15 is 0 Å². The summed E-state index contributed by atoms with van der Waals surface area (Å²) in [6.45, 7) is 6.89. The van der Waals surface area contributed by atoms with E-state index in [9.17, 15) is 4.79 Å². The van der Waals surface area contributed by atoms with Gasteiger partial charge < -0.3 is 10.6 Å². The Hall–Kier alpha value is -1.58. The summed E-state index contributed by atoms with van der Waals surface area (Å²) in [7, 11) is 1.79. The third kappa shape index (κ3) is 3.88. The zero-order valence-electron chi connectivity index (χ0n) is 10.3. The van der Waals surface area contributed by atoms with E-state index in [4.69, 9.17) is 0 Å². The maximum atomic E-state index is 11.7. The highest BCUT2D eigenvalue weighted by molar-refractivity contribution is 5.94. The molecule has 0 aliphatic heterocycles. The van der Waals surface area contributed by atoms with E-state index in [-0.39, 0.29) is 11.3 Å². The Morgan fingerprint density at radius 2 is 2.06 bits per heavy atom. The van der Waals surface area contributed by atoms with Crippen LogP contribution in [0.3, 0.4) is 0 Å². The maximum absolute atomic E-state index is 11.7. The van der Waals surface area contributed by atoms with Crippen molar-refractivity contribution in [2.45, 2.75) is 20.8 Å². The zero-order chi connectivity index (χ0) is 12.2. The van der Waals surface area contributed by atoms with Gasteiger partial charge in [0.15, 0.2) is 0 Å². The lowest BCUT2D eigenvalue weighted by atomic mass is 9.97. The first-order valence-electron chi connectivity index (χ1n) is 5.34. The van der Waals surface area contributed by atoms with Gasteiger partial charge in [-0.2, -0.15) is 0 Å². The van der Waals surface area contributed by atoms with Crippen LogP contribution in [0.1, 0.15) is 31.1 Å². The molecule has 0 fully saturated rings. The number of hydrogen-bond donors (Lipinski definition) is 2. The van der Waals surface area contributed by atoms with E-state index < -0.39 is 0 Å². The minimum absolute atomic E-state index is 0.0786. The Balaban J connectivity index is 2.59. The smallest absolute Gasteiger partial charge is 0.252 e. The van der Waals surface area contributed by atoms with Crippen LogP contribution in [0.25, 0.3) is 0 Å². The van der Waals surface area contributed by atoms with Crippen molar-refractivity contribution >= 4 is 11.7 Å². The number of anilines is 1. The molecule has 0 bridgehead atoms. The number of nitrogens with zero attached hydrogens (tertiary/aromatic N) is 1. The third-order valence-corrected chi connectivity index (χ3v) is 2.06. The van der Waals surface area contributed by atoms with Gasteiger partial charge in [-0.25, -0.2) is 4.98 Å². The molecule has 2 N–H and O–H groups in total. The molecule has 0 saturated heterocycles. The highest BCUT2D eigenvalue weighted by Gasteiger charge is 2.13. The van der Waals surface area contributed by atoms with Crippen molar-refractivity contribution in [1.82, 2.24) is 10.3 Å². The summed E-state index contributed by atoms with van der Waals surface area (Å²) in [5, 5.41) is 5.78. The summed E-state index contributed by atoms with van der Waals surface area (Å²) in [5.74, 6) is 0.678. The molecular formula is C12H19N3O. The van der Waals surface area contributed by atoms with E-state index in [0.717, 1.165) is 5.82 Å². The largest absolute Gasteiger partial charge is 0.373 e. The molecule has 0 aliphatic rings. The standard InChI is InChI=1S/C12H19N3O/c1-12(2,3)8-15-11(16)9-5-6-10(13-4)14-7-9/h5-7H,8H2,1-4H3,(H,13,14)(H,15,16). The van der Waals surface area contributed by atoms with Gasteiger partial charge in [0, 0.05) is 19.8 Å². The van der Waals surface area contributed by atoms with Gasteiger partial charge in [0.25, 0.3) is 5.91 Å². The molecular weight excluding hydrogens is 202 g/mol. The van der Waals surface area contributed by atoms with Crippen LogP contribution >= 0.6 is 0 Å². The van der Waals surface area contributed by atoms with Crippen LogP contribution < -0.4 is 10.6 Å². The number of rotatable bonds is 3. The number of carbonyl (C=O) groups is 1. The van der Waals surface area contributed by atoms with Crippen molar-refractivity contribution in [3.63, 3.8) is 0 Å². The number of carbonyl (C=O) groups excluding carboxylic acids is 1. The number of nitrogens with one attached hydrogen (secondary N) is 2. The van der Waals surface area contributed by atoms with Crippen molar-refractivity contribution in [1.29, 1.82) is 0 Å². The van der Waals surface area contributed by atoms with Gasteiger partial charge in [-0.3, -0.25) is 4.79 Å². The summed E-state index contributed by atoms with van der Waals surface area (Å²) < 4.78 is 0. The Kier molecular flexibility index (Phi) is 3.88. The van der Waals surface area contributed by atoms with Crippen LogP contribution in [-0.2, 0) is 0 Å². The van der Waals surface area contributed by atoms with E-state index in [1.807, 2.05) is 0 Å². The number of amides is 1. The predicted octanol–water partition coefficient (Wildman–Crippen LogP) is 1.90. The Morgan fingerprint density at radius 1 is 1.38 bits per heavy atom.